The molecule has 1 saturated heterocycles. The summed E-state index contributed by atoms with van der Waals surface area (Å²) in [6.07, 6.45) is 6.23. The maximum Gasteiger partial charge on any atom is 0.251 e. The number of amides is 2. The second-order valence-corrected chi connectivity index (χ2v) is 9.37. The third-order valence-electron chi connectivity index (χ3n) is 6.35. The van der Waals surface area contributed by atoms with Gasteiger partial charge in [-0.2, -0.15) is 0 Å². The second-order valence-electron chi connectivity index (χ2n) is 8.26. The highest BCUT2D eigenvalue weighted by atomic mass is 32.1. The number of nitrogens with one attached hydrogen (secondary N) is 1. The minimum Gasteiger partial charge on any atom is -0.365 e. The Kier molecular flexibility index (Phi) is 6.01. The largest absolute Gasteiger partial charge is 0.365 e. The highest BCUT2D eigenvalue weighted by Gasteiger charge is 2.30. The van der Waals surface area contributed by atoms with Crippen LogP contribution in [0.5, 0.6) is 0 Å². The van der Waals surface area contributed by atoms with E-state index in [-0.39, 0.29) is 11.9 Å². The molecule has 2 heterocycles. The van der Waals surface area contributed by atoms with Gasteiger partial charge in [0, 0.05) is 4.88 Å². The number of fused-ring (bicyclic) bond motifs is 1. The van der Waals surface area contributed by atoms with Crippen LogP contribution in [0.4, 0.5) is 5.00 Å². The molecule has 29 heavy (non-hydrogen) atoms. The first-order chi connectivity index (χ1) is 14.0. The fourth-order valence-corrected chi connectivity index (χ4v) is 5.92. The molecule has 0 spiro atoms. The fraction of sp³-hybridized carbons (Fsp3) is 0.478. The SMILES string of the molecule is C[C@H](C(=O)Nc1sc2c(c1C(N)=O)CCC2)N1CCC(Cc2ccccc2)CC1. The molecule has 0 unspecified atom stereocenters. The zero-order valence-electron chi connectivity index (χ0n) is 16.9. The zero-order chi connectivity index (χ0) is 20.4. The first-order valence-electron chi connectivity index (χ1n) is 10.6. The van der Waals surface area contributed by atoms with E-state index >= 15 is 0 Å². The van der Waals surface area contributed by atoms with Crippen molar-refractivity contribution in [2.75, 3.05) is 18.4 Å². The van der Waals surface area contributed by atoms with Gasteiger partial charge in [0.25, 0.3) is 5.91 Å². The van der Waals surface area contributed by atoms with Crippen molar-refractivity contribution >= 4 is 28.2 Å². The van der Waals surface area contributed by atoms with Crippen LogP contribution in [0.25, 0.3) is 0 Å². The lowest BCUT2D eigenvalue weighted by molar-refractivity contribution is -0.121. The molecule has 0 radical (unpaired) electrons. The summed E-state index contributed by atoms with van der Waals surface area (Å²) in [5.74, 6) is 0.189. The standard InChI is InChI=1S/C23H29N3O2S/c1-15(26-12-10-17(11-13-26)14-16-6-3-2-4-7-16)22(28)25-23-20(21(24)27)18-8-5-9-19(18)29-23/h2-4,6-7,15,17H,5,8-14H2,1H3,(H2,24,27)(H,25,28)/t15-/m1/s1. The van der Waals surface area contributed by atoms with Gasteiger partial charge in [-0.15, -0.1) is 11.3 Å². The van der Waals surface area contributed by atoms with Crippen molar-refractivity contribution in [3.8, 4) is 0 Å². The average Bonchev–Trinajstić information content (AvgIpc) is 3.29. The highest BCUT2D eigenvalue weighted by Crippen LogP contribution is 2.39. The van der Waals surface area contributed by atoms with Crippen molar-refractivity contribution in [2.45, 2.75) is 51.5 Å². The summed E-state index contributed by atoms with van der Waals surface area (Å²) in [7, 11) is 0. The molecule has 6 heteroatoms. The Hall–Kier alpha value is -2.18. The van der Waals surface area contributed by atoms with Crippen LogP contribution in [-0.4, -0.2) is 35.8 Å². The van der Waals surface area contributed by atoms with Gasteiger partial charge in [-0.3, -0.25) is 14.5 Å². The summed E-state index contributed by atoms with van der Waals surface area (Å²) >= 11 is 1.52. The quantitative estimate of drug-likeness (QED) is 0.762. The van der Waals surface area contributed by atoms with Gasteiger partial charge in [0.1, 0.15) is 5.00 Å². The van der Waals surface area contributed by atoms with Crippen LogP contribution >= 0.6 is 11.3 Å². The predicted molar refractivity (Wildman–Crippen MR) is 117 cm³/mol. The molecule has 1 atom stereocenters. The van der Waals surface area contributed by atoms with E-state index in [1.54, 1.807) is 0 Å². The van der Waals surface area contributed by atoms with E-state index in [4.69, 9.17) is 5.73 Å². The maximum atomic E-state index is 12.9. The molecule has 5 nitrogen and oxygen atoms in total. The third-order valence-corrected chi connectivity index (χ3v) is 7.56. The number of aryl methyl sites for hydroxylation is 1. The van der Waals surface area contributed by atoms with Crippen LogP contribution in [0, 0.1) is 5.92 Å². The van der Waals surface area contributed by atoms with Gasteiger partial charge >= 0.3 is 0 Å². The molecule has 0 bridgehead atoms. The third kappa shape index (κ3) is 4.38. The molecule has 2 aromatic rings. The number of hydrogen-bond acceptors (Lipinski definition) is 4. The molecule has 1 aliphatic carbocycles. The summed E-state index contributed by atoms with van der Waals surface area (Å²) < 4.78 is 0. The average molecular weight is 412 g/mol. The van der Waals surface area contributed by atoms with Crippen LogP contribution in [0.15, 0.2) is 30.3 Å². The minimum atomic E-state index is -0.436. The number of carbonyl (C=O) groups excluding carboxylic acids is 2. The molecular weight excluding hydrogens is 382 g/mol. The summed E-state index contributed by atoms with van der Waals surface area (Å²) in [4.78, 5) is 28.3. The van der Waals surface area contributed by atoms with Gasteiger partial charge in [0.15, 0.2) is 0 Å². The smallest absolute Gasteiger partial charge is 0.251 e. The van der Waals surface area contributed by atoms with Crippen LogP contribution in [0.3, 0.4) is 0 Å². The molecule has 1 aliphatic heterocycles. The number of primary amides is 1. The van der Waals surface area contributed by atoms with E-state index in [1.165, 1.54) is 21.8 Å². The molecule has 4 rings (SSSR count). The number of nitrogens with zero attached hydrogens (tertiary/aromatic N) is 1. The molecule has 2 aliphatic rings. The van der Waals surface area contributed by atoms with Crippen molar-refractivity contribution in [2.24, 2.45) is 11.7 Å². The Labute approximate surface area is 176 Å². The Morgan fingerprint density at radius 2 is 1.93 bits per heavy atom. The first kappa shape index (κ1) is 20.1. The van der Waals surface area contributed by atoms with Crippen molar-refractivity contribution in [1.29, 1.82) is 0 Å². The normalized spacial score (nSPS) is 18.4. The van der Waals surface area contributed by atoms with Crippen molar-refractivity contribution in [1.82, 2.24) is 4.90 Å². The number of carbonyl (C=O) groups is 2. The summed E-state index contributed by atoms with van der Waals surface area (Å²) in [5, 5.41) is 3.64. The lowest BCUT2D eigenvalue weighted by atomic mass is 9.89. The van der Waals surface area contributed by atoms with Crippen molar-refractivity contribution in [3.05, 3.63) is 51.9 Å². The van der Waals surface area contributed by atoms with E-state index in [0.29, 0.717) is 16.5 Å². The van der Waals surface area contributed by atoms with Gasteiger partial charge in [-0.25, -0.2) is 0 Å². The Morgan fingerprint density at radius 1 is 1.21 bits per heavy atom. The first-order valence-corrected chi connectivity index (χ1v) is 11.4. The number of thiophene rings is 1. The van der Waals surface area contributed by atoms with Gasteiger partial charge in [-0.05, 0) is 75.6 Å². The van der Waals surface area contributed by atoms with Gasteiger partial charge < -0.3 is 11.1 Å². The molecule has 0 saturated carbocycles. The lowest BCUT2D eigenvalue weighted by Gasteiger charge is -2.35. The van der Waals surface area contributed by atoms with Crippen molar-refractivity contribution < 1.29 is 9.59 Å². The Balaban J connectivity index is 1.34. The van der Waals surface area contributed by atoms with Crippen LogP contribution in [-0.2, 0) is 24.1 Å². The highest BCUT2D eigenvalue weighted by molar-refractivity contribution is 7.17. The monoisotopic (exact) mass is 411 g/mol. The Bertz CT molecular complexity index is 885. The molecule has 1 aromatic carbocycles. The summed E-state index contributed by atoms with van der Waals surface area (Å²) in [5.41, 5.74) is 8.58. The minimum absolute atomic E-state index is 0.0473. The second kappa shape index (κ2) is 8.67. The number of anilines is 1. The summed E-state index contributed by atoms with van der Waals surface area (Å²) in [6.45, 7) is 3.81. The van der Waals surface area contributed by atoms with E-state index in [9.17, 15) is 9.59 Å². The van der Waals surface area contributed by atoms with E-state index < -0.39 is 5.91 Å². The van der Waals surface area contributed by atoms with E-state index in [0.717, 1.165) is 57.2 Å². The number of likely N-dealkylation sites (tertiary alicyclic amines) is 1. The molecule has 1 aromatic heterocycles. The predicted octanol–water partition coefficient (Wildman–Crippen LogP) is 3.62. The van der Waals surface area contributed by atoms with E-state index in [2.05, 4.69) is 40.5 Å². The molecule has 1 fully saturated rings. The van der Waals surface area contributed by atoms with Gasteiger partial charge in [0.05, 0.1) is 11.6 Å². The number of benzene rings is 1. The maximum absolute atomic E-state index is 12.9. The topological polar surface area (TPSA) is 75.4 Å². The van der Waals surface area contributed by atoms with Crippen LogP contribution in [0.1, 0.15) is 52.5 Å². The lowest BCUT2D eigenvalue weighted by Crippen LogP contribution is -2.46. The van der Waals surface area contributed by atoms with Crippen molar-refractivity contribution in [3.63, 3.8) is 0 Å². The molecule has 154 valence electrons. The number of nitrogens with two attached hydrogens (primary N) is 1. The molecule has 2 amide bonds. The fourth-order valence-electron chi connectivity index (χ4n) is 4.63. The number of rotatable bonds is 6. The van der Waals surface area contributed by atoms with Gasteiger partial charge in [-0.1, -0.05) is 30.3 Å². The zero-order valence-corrected chi connectivity index (χ0v) is 17.8. The van der Waals surface area contributed by atoms with Gasteiger partial charge in [0.2, 0.25) is 5.91 Å². The number of piperidine rings is 1. The van der Waals surface area contributed by atoms with Crippen LogP contribution < -0.4 is 11.1 Å². The molecular formula is C23H29N3O2S. The number of hydrogen-bond donors (Lipinski definition) is 2. The molecule has 3 N–H and O–H groups in total. The Morgan fingerprint density at radius 3 is 2.62 bits per heavy atom. The van der Waals surface area contributed by atoms with Crippen LogP contribution in [0.2, 0.25) is 0 Å². The van der Waals surface area contributed by atoms with E-state index in [1.807, 2.05) is 6.92 Å². The summed E-state index contributed by atoms with van der Waals surface area (Å²) in [6, 6.07) is 10.4.